The van der Waals surface area contributed by atoms with Crippen LogP contribution in [0.1, 0.15) is 38.0 Å². The fourth-order valence-corrected chi connectivity index (χ4v) is 5.76. The Balaban J connectivity index is 1.57. The molecule has 5 rings (SSSR count). The van der Waals surface area contributed by atoms with E-state index in [-0.39, 0.29) is 23.3 Å². The Morgan fingerprint density at radius 2 is 0.978 bits per heavy atom. The molecule has 0 unspecified atom stereocenters. The summed E-state index contributed by atoms with van der Waals surface area (Å²) in [6, 6.07) is 34.0. The molecule has 1 heterocycles. The van der Waals surface area contributed by atoms with Crippen LogP contribution in [0.2, 0.25) is 0 Å². The molecule has 0 spiro atoms. The van der Waals surface area contributed by atoms with Gasteiger partial charge in [0.05, 0.1) is 16.7 Å². The number of carbonyl (C=O) groups is 4. The third-order valence-electron chi connectivity index (χ3n) is 6.80. The van der Waals surface area contributed by atoms with Crippen LogP contribution in [0, 0.1) is 0 Å². The molecule has 0 aromatic heterocycles. The van der Waals surface area contributed by atoms with Crippen molar-refractivity contribution in [1.82, 2.24) is 0 Å². The summed E-state index contributed by atoms with van der Waals surface area (Å²) in [5.41, 5.74) is -0.251. The summed E-state index contributed by atoms with van der Waals surface area (Å²) in [6.45, 7) is 0.911. The maximum Gasteiger partial charge on any atom is 0.338 e. The van der Waals surface area contributed by atoms with Crippen molar-refractivity contribution in [1.29, 1.82) is 0 Å². The molecule has 4 aromatic carbocycles. The van der Waals surface area contributed by atoms with Gasteiger partial charge in [-0.25, -0.2) is 14.4 Å². The highest BCUT2D eigenvalue weighted by Gasteiger charge is 2.53. The predicted molar refractivity (Wildman–Crippen MR) is 165 cm³/mol. The molecule has 4 aromatic rings. The van der Waals surface area contributed by atoms with Gasteiger partial charge in [-0.15, -0.1) is 0 Å². The van der Waals surface area contributed by atoms with E-state index in [1.54, 1.807) is 91.0 Å². The van der Waals surface area contributed by atoms with Crippen molar-refractivity contribution < 1.29 is 42.9 Å². The molecule has 0 amide bonds. The van der Waals surface area contributed by atoms with Crippen LogP contribution in [0.5, 0.6) is 0 Å². The molecule has 45 heavy (non-hydrogen) atoms. The van der Waals surface area contributed by atoms with E-state index >= 15 is 0 Å². The molecule has 1 aliphatic heterocycles. The molecule has 1 aliphatic rings. The fourth-order valence-electron chi connectivity index (χ4n) is 4.64. The van der Waals surface area contributed by atoms with Gasteiger partial charge >= 0.3 is 23.9 Å². The van der Waals surface area contributed by atoms with Crippen LogP contribution in [0.25, 0.3) is 0 Å². The van der Waals surface area contributed by atoms with Crippen molar-refractivity contribution in [2.24, 2.45) is 0 Å². The van der Waals surface area contributed by atoms with Crippen LogP contribution in [0.3, 0.4) is 0 Å². The standard InChI is InChI=1S/C35H30O9S/c1-23(36)40-22-28-29(42-32(37)24-14-6-2-7-15-24)30(43-33(38)25-16-8-3-9-17-25)31(44-34(39)26-18-10-4-11-19-26)35(41-28)45-27-20-12-5-13-21-27/h2-21,28-31,35H,22H2,1H3/t28-,29-,30+,31-,35+/m1/s1. The summed E-state index contributed by atoms with van der Waals surface area (Å²) >= 11 is 1.22. The van der Waals surface area contributed by atoms with E-state index < -0.39 is 53.7 Å². The number of rotatable bonds is 10. The summed E-state index contributed by atoms with van der Waals surface area (Å²) < 4.78 is 29.8. The zero-order chi connectivity index (χ0) is 31.6. The molecule has 1 fully saturated rings. The Morgan fingerprint density at radius 1 is 0.578 bits per heavy atom. The minimum Gasteiger partial charge on any atom is -0.463 e. The lowest BCUT2D eigenvalue weighted by atomic mass is 9.98. The van der Waals surface area contributed by atoms with E-state index in [1.807, 2.05) is 30.3 Å². The fraction of sp³-hybridized carbons (Fsp3) is 0.200. The molecule has 230 valence electrons. The molecule has 0 bridgehead atoms. The number of hydrogen-bond donors (Lipinski definition) is 0. The van der Waals surface area contributed by atoms with Gasteiger partial charge < -0.3 is 23.7 Å². The number of thioether (sulfide) groups is 1. The summed E-state index contributed by atoms with van der Waals surface area (Å²) in [5.74, 6) is -2.76. The number of benzene rings is 4. The second-order valence-electron chi connectivity index (χ2n) is 9.98. The van der Waals surface area contributed by atoms with Crippen molar-refractivity contribution >= 4 is 35.6 Å². The monoisotopic (exact) mass is 626 g/mol. The van der Waals surface area contributed by atoms with Gasteiger partial charge in [0.1, 0.15) is 18.1 Å². The molecule has 0 saturated carbocycles. The van der Waals surface area contributed by atoms with Crippen LogP contribution in [-0.4, -0.2) is 60.3 Å². The average molecular weight is 627 g/mol. The normalized spacial score (nSPS) is 20.8. The van der Waals surface area contributed by atoms with Crippen molar-refractivity contribution in [2.75, 3.05) is 6.61 Å². The van der Waals surface area contributed by atoms with Crippen molar-refractivity contribution in [2.45, 2.75) is 41.7 Å². The molecule has 9 nitrogen and oxygen atoms in total. The van der Waals surface area contributed by atoms with Gasteiger partial charge in [-0.1, -0.05) is 84.6 Å². The first kappa shape index (κ1) is 31.5. The van der Waals surface area contributed by atoms with Gasteiger partial charge in [-0.3, -0.25) is 4.79 Å². The zero-order valence-electron chi connectivity index (χ0n) is 24.2. The van der Waals surface area contributed by atoms with Gasteiger partial charge in [0.2, 0.25) is 0 Å². The first-order valence-electron chi connectivity index (χ1n) is 14.2. The van der Waals surface area contributed by atoms with Gasteiger partial charge in [0.25, 0.3) is 0 Å². The molecule has 5 atom stereocenters. The summed E-state index contributed by atoms with van der Waals surface area (Å²) in [5, 5.41) is 0. The van der Waals surface area contributed by atoms with Gasteiger partial charge in [-0.2, -0.15) is 0 Å². The Morgan fingerprint density at radius 3 is 1.42 bits per heavy atom. The largest absolute Gasteiger partial charge is 0.463 e. The number of hydrogen-bond acceptors (Lipinski definition) is 10. The van der Waals surface area contributed by atoms with Crippen LogP contribution in [0.15, 0.2) is 126 Å². The number of ether oxygens (including phenoxy) is 5. The van der Waals surface area contributed by atoms with Crippen molar-refractivity contribution in [3.8, 4) is 0 Å². The average Bonchev–Trinajstić information content (AvgIpc) is 3.07. The highest BCUT2D eigenvalue weighted by Crippen LogP contribution is 2.38. The maximum absolute atomic E-state index is 13.5. The SMILES string of the molecule is CC(=O)OC[C@H]1O[C@@H](Sc2ccccc2)[C@H](OC(=O)c2ccccc2)[C@@H](OC(=O)c2ccccc2)[C@@H]1OC(=O)c1ccccc1. The quantitative estimate of drug-likeness (QED) is 0.159. The first-order chi connectivity index (χ1) is 21.9. The van der Waals surface area contributed by atoms with E-state index in [4.69, 9.17) is 23.7 Å². The molecule has 0 N–H and O–H groups in total. The zero-order valence-corrected chi connectivity index (χ0v) is 25.0. The van der Waals surface area contributed by atoms with Gasteiger partial charge in [-0.05, 0) is 48.5 Å². The van der Waals surface area contributed by atoms with Gasteiger partial charge in [0.15, 0.2) is 18.3 Å². The second-order valence-corrected chi connectivity index (χ2v) is 11.2. The van der Waals surface area contributed by atoms with Crippen LogP contribution in [0.4, 0.5) is 0 Å². The molecular weight excluding hydrogens is 596 g/mol. The Hall–Kier alpha value is -4.93. The number of carbonyl (C=O) groups excluding carboxylic acids is 4. The second kappa shape index (κ2) is 15.2. The van der Waals surface area contributed by atoms with Crippen molar-refractivity contribution in [3.05, 3.63) is 138 Å². The highest BCUT2D eigenvalue weighted by molar-refractivity contribution is 7.99. The maximum atomic E-state index is 13.5. The summed E-state index contributed by atoms with van der Waals surface area (Å²) in [6.07, 6.45) is -5.07. The number of esters is 4. The topological polar surface area (TPSA) is 114 Å². The minimum atomic E-state index is -1.37. The minimum absolute atomic E-state index is 0.231. The first-order valence-corrected chi connectivity index (χ1v) is 15.1. The molecule has 0 radical (unpaired) electrons. The smallest absolute Gasteiger partial charge is 0.338 e. The molecule has 1 saturated heterocycles. The van der Waals surface area contributed by atoms with Crippen LogP contribution in [-0.2, 0) is 28.5 Å². The summed E-state index contributed by atoms with van der Waals surface area (Å²) in [4.78, 5) is 53.0. The third-order valence-corrected chi connectivity index (χ3v) is 7.95. The van der Waals surface area contributed by atoms with E-state index in [0.717, 1.165) is 4.90 Å². The van der Waals surface area contributed by atoms with Crippen LogP contribution < -0.4 is 0 Å². The van der Waals surface area contributed by atoms with Crippen molar-refractivity contribution in [3.63, 3.8) is 0 Å². The highest BCUT2D eigenvalue weighted by atomic mass is 32.2. The summed E-state index contributed by atoms with van der Waals surface area (Å²) in [7, 11) is 0. The van der Waals surface area contributed by atoms with E-state index in [0.29, 0.717) is 0 Å². The third kappa shape index (κ3) is 8.37. The lowest BCUT2D eigenvalue weighted by molar-refractivity contribution is -0.211. The molecular formula is C35H30O9S. The molecule has 0 aliphatic carbocycles. The Kier molecular flexibility index (Phi) is 10.6. The van der Waals surface area contributed by atoms with E-state index in [1.165, 1.54) is 18.7 Å². The Labute approximate surface area is 264 Å². The lowest BCUT2D eigenvalue weighted by Gasteiger charge is -2.44. The predicted octanol–water partition coefficient (Wildman–Crippen LogP) is 5.74. The Bertz CT molecular complexity index is 1580. The van der Waals surface area contributed by atoms with Gasteiger partial charge in [0, 0.05) is 11.8 Å². The van der Waals surface area contributed by atoms with E-state index in [9.17, 15) is 19.2 Å². The van der Waals surface area contributed by atoms with Crippen LogP contribution >= 0.6 is 11.8 Å². The lowest BCUT2D eigenvalue weighted by Crippen LogP contribution is -2.61. The van der Waals surface area contributed by atoms with E-state index in [2.05, 4.69) is 0 Å². The molecule has 10 heteroatoms.